The van der Waals surface area contributed by atoms with Gasteiger partial charge in [0.25, 0.3) is 0 Å². The first-order valence-electron chi connectivity index (χ1n) is 8.30. The molecule has 1 aromatic carbocycles. The van der Waals surface area contributed by atoms with Gasteiger partial charge in [0.05, 0.1) is 11.5 Å². The first-order chi connectivity index (χ1) is 10.7. The zero-order valence-corrected chi connectivity index (χ0v) is 13.5. The molecule has 1 aliphatic heterocycles. The van der Waals surface area contributed by atoms with Crippen LogP contribution in [0.3, 0.4) is 0 Å². The van der Waals surface area contributed by atoms with E-state index >= 15 is 0 Å². The molecule has 2 fully saturated rings. The molecule has 4 nitrogen and oxygen atoms in total. The van der Waals surface area contributed by atoms with Crippen LogP contribution in [0.2, 0.25) is 0 Å². The Labute approximate surface area is 132 Å². The Morgan fingerprint density at radius 2 is 2.32 bits per heavy atom. The largest absolute Gasteiger partial charge is 0.377 e. The van der Waals surface area contributed by atoms with Crippen molar-refractivity contribution in [1.82, 2.24) is 5.32 Å². The van der Waals surface area contributed by atoms with Crippen LogP contribution in [0.25, 0.3) is 0 Å². The van der Waals surface area contributed by atoms with Crippen molar-refractivity contribution in [3.05, 3.63) is 29.8 Å². The molecule has 1 heterocycles. The highest BCUT2D eigenvalue weighted by molar-refractivity contribution is 5.96. The molecule has 0 bridgehead atoms. The summed E-state index contributed by atoms with van der Waals surface area (Å²) in [6.45, 7) is 3.81. The van der Waals surface area contributed by atoms with E-state index in [0.29, 0.717) is 5.92 Å². The molecule has 120 valence electrons. The van der Waals surface area contributed by atoms with E-state index in [1.165, 1.54) is 12.8 Å². The van der Waals surface area contributed by atoms with Crippen molar-refractivity contribution in [3.8, 4) is 0 Å². The van der Waals surface area contributed by atoms with Gasteiger partial charge in [0.1, 0.15) is 0 Å². The fourth-order valence-electron chi connectivity index (χ4n) is 3.95. The third-order valence-electron chi connectivity index (χ3n) is 5.46. The van der Waals surface area contributed by atoms with Crippen LogP contribution >= 0.6 is 0 Å². The van der Waals surface area contributed by atoms with Crippen LogP contribution in [-0.4, -0.2) is 26.1 Å². The minimum absolute atomic E-state index is 0.0330. The van der Waals surface area contributed by atoms with Gasteiger partial charge in [0.15, 0.2) is 0 Å². The van der Waals surface area contributed by atoms with Gasteiger partial charge >= 0.3 is 0 Å². The van der Waals surface area contributed by atoms with E-state index in [1.54, 1.807) is 7.11 Å². The molecule has 4 heteroatoms. The highest BCUT2D eigenvalue weighted by atomic mass is 16.5. The summed E-state index contributed by atoms with van der Waals surface area (Å²) < 4.78 is 5.36. The molecule has 3 rings (SSSR count). The third kappa shape index (κ3) is 2.77. The number of hydrogen-bond donors (Lipinski definition) is 2. The van der Waals surface area contributed by atoms with Crippen LogP contribution in [0, 0.1) is 11.3 Å². The number of carbonyl (C=O) groups excluding carboxylic acids is 1. The van der Waals surface area contributed by atoms with E-state index in [0.717, 1.165) is 37.2 Å². The van der Waals surface area contributed by atoms with E-state index in [9.17, 15) is 4.79 Å². The first kappa shape index (κ1) is 15.5. The van der Waals surface area contributed by atoms with Crippen LogP contribution in [-0.2, 0) is 9.53 Å². The summed E-state index contributed by atoms with van der Waals surface area (Å²) in [6.07, 6.45) is 4.62. The number of anilines is 1. The van der Waals surface area contributed by atoms with Gasteiger partial charge in [-0.15, -0.1) is 0 Å². The smallest absolute Gasteiger partial charge is 0.232 e. The van der Waals surface area contributed by atoms with Crippen LogP contribution < -0.4 is 10.6 Å². The maximum Gasteiger partial charge on any atom is 0.232 e. The van der Waals surface area contributed by atoms with Crippen molar-refractivity contribution < 1.29 is 9.53 Å². The van der Waals surface area contributed by atoms with Crippen molar-refractivity contribution in [1.29, 1.82) is 0 Å². The van der Waals surface area contributed by atoms with Gasteiger partial charge < -0.3 is 15.4 Å². The fraction of sp³-hybridized carbons (Fsp3) is 0.611. The minimum Gasteiger partial charge on any atom is -0.377 e. The second-order valence-electron chi connectivity index (χ2n) is 6.69. The standard InChI is InChI=1S/C18H26N2O2/c1-13(22-2)14-6-5-8-16(10-14)20-17(21)18-9-4-3-7-15(18)11-19-12-18/h5-6,8,10,13,15,19H,3-4,7,9,11-12H2,1-2H3,(H,20,21)/t13?,15-,18+/m0/s1. The normalized spacial score (nSPS) is 28.9. The second kappa shape index (κ2) is 6.39. The molecule has 2 N–H and O–H groups in total. The zero-order valence-electron chi connectivity index (χ0n) is 13.5. The molecule has 1 saturated heterocycles. The van der Waals surface area contributed by atoms with E-state index in [1.807, 2.05) is 31.2 Å². The maximum atomic E-state index is 12.9. The Kier molecular flexibility index (Phi) is 4.50. The number of hydrogen-bond acceptors (Lipinski definition) is 3. The summed E-state index contributed by atoms with van der Waals surface area (Å²) in [5.41, 5.74) is 1.75. The number of benzene rings is 1. The molecule has 0 spiro atoms. The van der Waals surface area contributed by atoms with Gasteiger partial charge in [-0.3, -0.25) is 4.79 Å². The van der Waals surface area contributed by atoms with Crippen LogP contribution in [0.1, 0.15) is 44.3 Å². The number of rotatable bonds is 4. The number of ether oxygens (including phenoxy) is 1. The van der Waals surface area contributed by atoms with Crippen LogP contribution in [0.15, 0.2) is 24.3 Å². The number of amides is 1. The Hall–Kier alpha value is -1.39. The molecule has 22 heavy (non-hydrogen) atoms. The third-order valence-corrected chi connectivity index (χ3v) is 5.46. The van der Waals surface area contributed by atoms with Gasteiger partial charge in [-0.25, -0.2) is 0 Å². The lowest BCUT2D eigenvalue weighted by Crippen LogP contribution is -2.44. The highest BCUT2D eigenvalue weighted by Crippen LogP contribution is 2.44. The molecule has 0 aromatic heterocycles. The zero-order chi connectivity index (χ0) is 15.6. The Bertz CT molecular complexity index is 546. The molecule has 1 aliphatic carbocycles. The summed E-state index contributed by atoms with van der Waals surface area (Å²) in [6, 6.07) is 7.98. The van der Waals surface area contributed by atoms with Crippen molar-refractivity contribution >= 4 is 11.6 Å². The molecule has 2 aliphatic rings. The lowest BCUT2D eigenvalue weighted by Gasteiger charge is -2.37. The molecule has 0 radical (unpaired) electrons. The molecule has 3 atom stereocenters. The van der Waals surface area contributed by atoms with Gasteiger partial charge in [0, 0.05) is 19.3 Å². The summed E-state index contributed by atoms with van der Waals surface area (Å²) in [7, 11) is 1.70. The summed E-state index contributed by atoms with van der Waals surface area (Å²) in [5.74, 6) is 0.673. The minimum atomic E-state index is -0.207. The van der Waals surface area contributed by atoms with E-state index in [-0.39, 0.29) is 17.4 Å². The van der Waals surface area contributed by atoms with Crippen molar-refractivity contribution in [3.63, 3.8) is 0 Å². The molecule has 1 aromatic rings. The van der Waals surface area contributed by atoms with Crippen molar-refractivity contribution in [2.24, 2.45) is 11.3 Å². The van der Waals surface area contributed by atoms with E-state index in [2.05, 4.69) is 10.6 Å². The predicted octanol–water partition coefficient (Wildman–Crippen LogP) is 3.11. The van der Waals surface area contributed by atoms with Crippen LogP contribution in [0.5, 0.6) is 0 Å². The monoisotopic (exact) mass is 302 g/mol. The number of carbonyl (C=O) groups is 1. The predicted molar refractivity (Wildman–Crippen MR) is 87.8 cm³/mol. The Morgan fingerprint density at radius 3 is 3.14 bits per heavy atom. The van der Waals surface area contributed by atoms with Gasteiger partial charge in [-0.1, -0.05) is 25.0 Å². The second-order valence-corrected chi connectivity index (χ2v) is 6.69. The maximum absolute atomic E-state index is 12.9. The van der Waals surface area contributed by atoms with Gasteiger partial charge in [-0.05, 0) is 49.9 Å². The highest BCUT2D eigenvalue weighted by Gasteiger charge is 2.49. The van der Waals surface area contributed by atoms with Gasteiger partial charge in [0.2, 0.25) is 5.91 Å². The van der Waals surface area contributed by atoms with Gasteiger partial charge in [-0.2, -0.15) is 0 Å². The Balaban J connectivity index is 1.76. The number of fused-ring (bicyclic) bond motifs is 1. The average molecular weight is 302 g/mol. The quantitative estimate of drug-likeness (QED) is 0.898. The molecular weight excluding hydrogens is 276 g/mol. The Morgan fingerprint density at radius 1 is 1.45 bits per heavy atom. The number of methoxy groups -OCH3 is 1. The van der Waals surface area contributed by atoms with E-state index < -0.39 is 0 Å². The van der Waals surface area contributed by atoms with E-state index in [4.69, 9.17) is 4.74 Å². The fourth-order valence-corrected chi connectivity index (χ4v) is 3.95. The topological polar surface area (TPSA) is 50.4 Å². The summed E-state index contributed by atoms with van der Waals surface area (Å²) in [5, 5.41) is 6.59. The molecule has 1 saturated carbocycles. The number of nitrogens with one attached hydrogen (secondary N) is 2. The first-order valence-corrected chi connectivity index (χ1v) is 8.30. The van der Waals surface area contributed by atoms with Crippen molar-refractivity contribution in [2.75, 3.05) is 25.5 Å². The lowest BCUT2D eigenvalue weighted by molar-refractivity contribution is -0.128. The summed E-state index contributed by atoms with van der Waals surface area (Å²) in [4.78, 5) is 12.9. The van der Waals surface area contributed by atoms with Crippen molar-refractivity contribution in [2.45, 2.75) is 38.7 Å². The van der Waals surface area contributed by atoms with Crippen LogP contribution in [0.4, 0.5) is 5.69 Å². The molecule has 1 amide bonds. The SMILES string of the molecule is COC(C)c1cccc(NC(=O)[C@@]23CCCC[C@H]2CNC3)c1. The molecular formula is C18H26N2O2. The molecule has 1 unspecified atom stereocenters. The average Bonchev–Trinajstić information content (AvgIpc) is 2.99. The lowest BCUT2D eigenvalue weighted by atomic mass is 9.67. The summed E-state index contributed by atoms with van der Waals surface area (Å²) >= 11 is 0.